The molecule has 2 N–H and O–H groups in total. The van der Waals surface area contributed by atoms with Crippen LogP contribution in [0.25, 0.3) is 0 Å². The van der Waals surface area contributed by atoms with E-state index in [1.807, 2.05) is 48.7 Å². The van der Waals surface area contributed by atoms with Crippen molar-refractivity contribution in [3.63, 3.8) is 0 Å². The van der Waals surface area contributed by atoms with Crippen molar-refractivity contribution < 1.29 is 9.47 Å². The Morgan fingerprint density at radius 1 is 1.00 bits per heavy atom. The lowest BCUT2D eigenvalue weighted by atomic mass is 10.1. The molecule has 24 heavy (non-hydrogen) atoms. The van der Waals surface area contributed by atoms with Crippen LogP contribution in [0.4, 0.5) is 5.69 Å². The molecule has 0 saturated heterocycles. The number of nitrogen functional groups attached to an aromatic ring is 1. The van der Waals surface area contributed by atoms with Crippen molar-refractivity contribution in [2.45, 2.75) is 13.0 Å². The van der Waals surface area contributed by atoms with E-state index in [4.69, 9.17) is 15.2 Å². The largest absolute Gasteiger partial charge is 0.493 e. The third-order valence-corrected chi connectivity index (χ3v) is 4.03. The molecule has 0 spiro atoms. The molecule has 0 aliphatic heterocycles. The van der Waals surface area contributed by atoms with E-state index in [0.29, 0.717) is 13.0 Å². The lowest BCUT2D eigenvalue weighted by Crippen LogP contribution is -2.07. The minimum atomic E-state index is 0.655. The number of aromatic nitrogens is 2. The Balaban J connectivity index is 1.88. The van der Waals surface area contributed by atoms with Gasteiger partial charge in [0.25, 0.3) is 0 Å². The predicted molar refractivity (Wildman–Crippen MR) is 94.5 cm³/mol. The fourth-order valence-corrected chi connectivity index (χ4v) is 2.78. The van der Waals surface area contributed by atoms with Crippen LogP contribution >= 0.6 is 0 Å². The number of hydrogen-bond donors (Lipinski definition) is 1. The van der Waals surface area contributed by atoms with Crippen molar-refractivity contribution in [2.24, 2.45) is 0 Å². The summed E-state index contributed by atoms with van der Waals surface area (Å²) in [5.41, 5.74) is 8.94. The van der Waals surface area contributed by atoms with Crippen molar-refractivity contribution in [1.82, 2.24) is 9.55 Å². The highest BCUT2D eigenvalue weighted by Gasteiger charge is 2.12. The number of rotatable bonds is 6. The van der Waals surface area contributed by atoms with Crippen molar-refractivity contribution in [3.8, 4) is 11.5 Å². The summed E-state index contributed by atoms with van der Waals surface area (Å²) in [7, 11) is 3.29. The Labute approximate surface area is 141 Å². The Bertz CT molecular complexity index is 827. The van der Waals surface area contributed by atoms with Crippen LogP contribution in [-0.4, -0.2) is 23.8 Å². The van der Waals surface area contributed by atoms with Gasteiger partial charge in [0.05, 0.1) is 20.8 Å². The molecule has 5 nitrogen and oxygen atoms in total. The molecule has 3 aromatic rings. The van der Waals surface area contributed by atoms with E-state index in [2.05, 4.69) is 9.55 Å². The van der Waals surface area contributed by atoms with E-state index in [1.54, 1.807) is 20.4 Å². The van der Waals surface area contributed by atoms with E-state index < -0.39 is 0 Å². The third kappa shape index (κ3) is 3.20. The number of imidazole rings is 1. The van der Waals surface area contributed by atoms with Crippen LogP contribution in [0.5, 0.6) is 11.5 Å². The summed E-state index contributed by atoms with van der Waals surface area (Å²) < 4.78 is 13.0. The van der Waals surface area contributed by atoms with E-state index in [-0.39, 0.29) is 0 Å². The maximum atomic E-state index is 6.05. The Morgan fingerprint density at radius 3 is 2.54 bits per heavy atom. The topological polar surface area (TPSA) is 62.3 Å². The highest BCUT2D eigenvalue weighted by atomic mass is 16.5. The van der Waals surface area contributed by atoms with Gasteiger partial charge in [-0.1, -0.05) is 30.3 Å². The van der Waals surface area contributed by atoms with E-state index in [0.717, 1.165) is 34.1 Å². The molecule has 0 aliphatic carbocycles. The number of nitrogens with zero attached hydrogens (tertiary/aromatic N) is 2. The molecule has 5 heteroatoms. The fraction of sp³-hybridized carbons (Fsp3) is 0.211. The molecule has 0 amide bonds. The van der Waals surface area contributed by atoms with E-state index in [1.165, 1.54) is 0 Å². The summed E-state index contributed by atoms with van der Waals surface area (Å²) in [5.74, 6) is 2.43. The minimum absolute atomic E-state index is 0.655. The zero-order valence-electron chi connectivity index (χ0n) is 13.9. The van der Waals surface area contributed by atoms with Crippen LogP contribution in [0.15, 0.2) is 54.9 Å². The molecule has 0 aliphatic rings. The molecular weight excluding hydrogens is 302 g/mol. The predicted octanol–water partition coefficient (Wildman–Crippen LogP) is 3.12. The monoisotopic (exact) mass is 323 g/mol. The summed E-state index contributed by atoms with van der Waals surface area (Å²) in [6.45, 7) is 0.655. The van der Waals surface area contributed by atoms with Gasteiger partial charge in [-0.05, 0) is 17.7 Å². The fourth-order valence-electron chi connectivity index (χ4n) is 2.78. The second kappa shape index (κ2) is 7.08. The van der Waals surface area contributed by atoms with Gasteiger partial charge in [0.2, 0.25) is 0 Å². The number of anilines is 1. The van der Waals surface area contributed by atoms with Gasteiger partial charge in [0.1, 0.15) is 5.82 Å². The number of ether oxygens (including phenoxy) is 2. The molecule has 124 valence electrons. The zero-order chi connectivity index (χ0) is 16.9. The molecule has 0 fully saturated rings. The average Bonchev–Trinajstić information content (AvgIpc) is 3.03. The summed E-state index contributed by atoms with van der Waals surface area (Å²) in [4.78, 5) is 4.48. The minimum Gasteiger partial charge on any atom is -0.493 e. The smallest absolute Gasteiger partial charge is 0.165 e. The Morgan fingerprint density at radius 2 is 1.79 bits per heavy atom. The molecule has 0 atom stereocenters. The first-order valence-electron chi connectivity index (χ1n) is 7.76. The SMILES string of the molecule is COc1cccc(Cn2ccnc2Cc2ccccc2N)c1OC. The summed E-state index contributed by atoms with van der Waals surface area (Å²) in [5, 5.41) is 0. The van der Waals surface area contributed by atoms with Crippen LogP contribution in [0.1, 0.15) is 17.0 Å². The first-order valence-corrected chi connectivity index (χ1v) is 7.76. The van der Waals surface area contributed by atoms with Gasteiger partial charge >= 0.3 is 0 Å². The van der Waals surface area contributed by atoms with Crippen LogP contribution in [0.3, 0.4) is 0 Å². The quantitative estimate of drug-likeness (QED) is 0.708. The second-order valence-corrected chi connectivity index (χ2v) is 5.50. The normalized spacial score (nSPS) is 10.6. The van der Waals surface area contributed by atoms with Gasteiger partial charge in [0.15, 0.2) is 11.5 Å². The molecule has 0 saturated carbocycles. The van der Waals surface area contributed by atoms with Gasteiger partial charge in [-0.2, -0.15) is 0 Å². The molecule has 0 radical (unpaired) electrons. The molecule has 0 bridgehead atoms. The third-order valence-electron chi connectivity index (χ3n) is 4.03. The number of hydrogen-bond acceptors (Lipinski definition) is 4. The first kappa shape index (κ1) is 15.9. The Hall–Kier alpha value is -2.95. The highest BCUT2D eigenvalue weighted by molar-refractivity contribution is 5.48. The molecule has 1 aromatic heterocycles. The van der Waals surface area contributed by atoms with Crippen LogP contribution in [0, 0.1) is 0 Å². The highest BCUT2D eigenvalue weighted by Crippen LogP contribution is 2.31. The first-order chi connectivity index (χ1) is 11.7. The lowest BCUT2D eigenvalue weighted by Gasteiger charge is -2.14. The van der Waals surface area contributed by atoms with Crippen molar-refractivity contribution in [2.75, 3.05) is 20.0 Å². The number of para-hydroxylation sites is 2. The van der Waals surface area contributed by atoms with E-state index in [9.17, 15) is 0 Å². The van der Waals surface area contributed by atoms with Gasteiger partial charge < -0.3 is 19.8 Å². The zero-order valence-corrected chi connectivity index (χ0v) is 13.9. The standard InChI is InChI=1S/C19H21N3O2/c1-23-17-9-5-7-15(19(17)24-2)13-22-11-10-21-18(22)12-14-6-3-4-8-16(14)20/h3-11H,12-13,20H2,1-2H3. The molecule has 0 unspecified atom stereocenters. The maximum Gasteiger partial charge on any atom is 0.165 e. The number of nitrogens with two attached hydrogens (primary N) is 1. The molecule has 1 heterocycles. The Kier molecular flexibility index (Phi) is 4.70. The van der Waals surface area contributed by atoms with Crippen molar-refractivity contribution >= 4 is 5.69 Å². The maximum absolute atomic E-state index is 6.05. The van der Waals surface area contributed by atoms with Gasteiger partial charge in [0, 0.05) is 30.1 Å². The van der Waals surface area contributed by atoms with Crippen LogP contribution < -0.4 is 15.2 Å². The van der Waals surface area contributed by atoms with Gasteiger partial charge in [-0.15, -0.1) is 0 Å². The lowest BCUT2D eigenvalue weighted by molar-refractivity contribution is 0.351. The molecular formula is C19H21N3O2. The van der Waals surface area contributed by atoms with Gasteiger partial charge in [-0.3, -0.25) is 0 Å². The average molecular weight is 323 g/mol. The number of benzene rings is 2. The summed E-state index contributed by atoms with van der Waals surface area (Å²) >= 11 is 0. The molecule has 2 aromatic carbocycles. The van der Waals surface area contributed by atoms with Crippen LogP contribution in [0.2, 0.25) is 0 Å². The van der Waals surface area contributed by atoms with E-state index >= 15 is 0 Å². The van der Waals surface area contributed by atoms with Crippen molar-refractivity contribution in [1.29, 1.82) is 0 Å². The summed E-state index contributed by atoms with van der Waals surface area (Å²) in [6, 6.07) is 13.7. The van der Waals surface area contributed by atoms with Crippen molar-refractivity contribution in [3.05, 3.63) is 71.8 Å². The van der Waals surface area contributed by atoms with Gasteiger partial charge in [-0.25, -0.2) is 4.98 Å². The second-order valence-electron chi connectivity index (χ2n) is 5.50. The van der Waals surface area contributed by atoms with Crippen LogP contribution in [-0.2, 0) is 13.0 Å². The molecule has 3 rings (SSSR count). The number of methoxy groups -OCH3 is 2. The summed E-state index contributed by atoms with van der Waals surface area (Å²) in [6.07, 6.45) is 4.46.